The average Bonchev–Trinajstić information content (AvgIpc) is 2.63. The summed E-state index contributed by atoms with van der Waals surface area (Å²) < 4.78 is 0. The zero-order valence-corrected chi connectivity index (χ0v) is 8.80. The summed E-state index contributed by atoms with van der Waals surface area (Å²) in [5, 5.41) is 21.6. The lowest BCUT2D eigenvalue weighted by Crippen LogP contribution is -2.49. The highest BCUT2D eigenvalue weighted by Gasteiger charge is 2.31. The fraction of sp³-hybridized carbons (Fsp3) is 0.556. The Balaban J connectivity index is 2.55. The van der Waals surface area contributed by atoms with Crippen molar-refractivity contribution in [3.63, 3.8) is 0 Å². The fourth-order valence-corrected chi connectivity index (χ4v) is 1.46. The second-order valence-corrected chi connectivity index (χ2v) is 3.66. The van der Waals surface area contributed by atoms with E-state index in [0.717, 1.165) is 0 Å². The Kier molecular flexibility index (Phi) is 4.02. The molecule has 0 saturated carbocycles. The quantitative estimate of drug-likeness (QED) is 0.456. The van der Waals surface area contributed by atoms with Crippen LogP contribution in [0.2, 0.25) is 0 Å². The molecule has 0 aromatic heterocycles. The Morgan fingerprint density at radius 3 is 2.47 bits per heavy atom. The molecule has 94 valence electrons. The minimum absolute atomic E-state index is 0.203. The molecule has 1 fully saturated rings. The van der Waals surface area contributed by atoms with Gasteiger partial charge in [-0.3, -0.25) is 14.4 Å². The van der Waals surface area contributed by atoms with Gasteiger partial charge >= 0.3 is 11.9 Å². The number of rotatable bonds is 5. The van der Waals surface area contributed by atoms with Gasteiger partial charge in [0.2, 0.25) is 11.8 Å². The van der Waals surface area contributed by atoms with Crippen molar-refractivity contribution in [2.24, 2.45) is 0 Å². The van der Waals surface area contributed by atoms with Crippen molar-refractivity contribution >= 4 is 23.8 Å². The molecule has 0 aromatic carbocycles. The van der Waals surface area contributed by atoms with Gasteiger partial charge in [-0.15, -0.1) is 0 Å². The molecule has 8 nitrogen and oxygen atoms in total. The van der Waals surface area contributed by atoms with Crippen molar-refractivity contribution < 1.29 is 29.4 Å². The van der Waals surface area contributed by atoms with Gasteiger partial charge in [0.05, 0.1) is 6.42 Å². The average molecular weight is 244 g/mol. The van der Waals surface area contributed by atoms with Gasteiger partial charge in [0.1, 0.15) is 12.1 Å². The minimum Gasteiger partial charge on any atom is -0.481 e. The van der Waals surface area contributed by atoms with Crippen LogP contribution in [0.15, 0.2) is 0 Å². The molecule has 1 rings (SSSR count). The molecule has 1 aliphatic rings. The number of hydrogen-bond acceptors (Lipinski definition) is 4. The van der Waals surface area contributed by atoms with E-state index in [1.54, 1.807) is 0 Å². The summed E-state index contributed by atoms with van der Waals surface area (Å²) in [6, 6.07) is -2.27. The minimum atomic E-state index is -1.49. The first-order valence-electron chi connectivity index (χ1n) is 4.94. The lowest BCUT2D eigenvalue weighted by Gasteiger charge is -2.15. The molecular formula is C9H12N2O6. The predicted molar refractivity (Wildman–Crippen MR) is 53.0 cm³/mol. The van der Waals surface area contributed by atoms with Crippen LogP contribution >= 0.6 is 0 Å². The third kappa shape index (κ3) is 3.74. The van der Waals surface area contributed by atoms with Crippen LogP contribution in [0.3, 0.4) is 0 Å². The largest absolute Gasteiger partial charge is 0.481 e. The van der Waals surface area contributed by atoms with Crippen molar-refractivity contribution in [2.75, 3.05) is 0 Å². The van der Waals surface area contributed by atoms with Gasteiger partial charge in [-0.2, -0.15) is 0 Å². The summed E-state index contributed by atoms with van der Waals surface area (Å²) in [5.41, 5.74) is 0. The van der Waals surface area contributed by atoms with Crippen LogP contribution in [0.5, 0.6) is 0 Å². The van der Waals surface area contributed by atoms with E-state index in [2.05, 4.69) is 10.6 Å². The predicted octanol–water partition coefficient (Wildman–Crippen LogP) is -1.69. The topological polar surface area (TPSA) is 133 Å². The van der Waals surface area contributed by atoms with Crippen LogP contribution in [-0.4, -0.2) is 46.0 Å². The van der Waals surface area contributed by atoms with Crippen molar-refractivity contribution in [1.29, 1.82) is 0 Å². The molecular weight excluding hydrogens is 232 g/mol. The summed E-state index contributed by atoms with van der Waals surface area (Å²) >= 11 is 0. The van der Waals surface area contributed by atoms with Gasteiger partial charge in [-0.05, 0) is 6.42 Å². The van der Waals surface area contributed by atoms with Crippen LogP contribution in [0.25, 0.3) is 0 Å². The van der Waals surface area contributed by atoms with E-state index >= 15 is 0 Å². The molecule has 0 unspecified atom stereocenters. The third-order valence-electron chi connectivity index (χ3n) is 2.31. The van der Waals surface area contributed by atoms with Gasteiger partial charge in [-0.25, -0.2) is 4.79 Å². The Morgan fingerprint density at radius 1 is 1.41 bits per heavy atom. The van der Waals surface area contributed by atoms with E-state index in [1.807, 2.05) is 0 Å². The van der Waals surface area contributed by atoms with Crippen LogP contribution < -0.4 is 10.6 Å². The first kappa shape index (κ1) is 12.9. The Hall–Kier alpha value is -2.12. The molecule has 1 aliphatic heterocycles. The summed E-state index contributed by atoms with van der Waals surface area (Å²) in [7, 11) is 0. The summed E-state index contributed by atoms with van der Waals surface area (Å²) in [4.78, 5) is 43.4. The number of amides is 2. The molecule has 8 heteroatoms. The number of carbonyl (C=O) groups is 4. The van der Waals surface area contributed by atoms with Crippen LogP contribution in [-0.2, 0) is 19.2 Å². The normalized spacial score (nSPS) is 20.5. The maximum absolute atomic E-state index is 11.5. The lowest BCUT2D eigenvalue weighted by molar-refractivity contribution is -0.147. The highest BCUT2D eigenvalue weighted by Crippen LogP contribution is 2.07. The zero-order chi connectivity index (χ0) is 13.0. The van der Waals surface area contributed by atoms with Gasteiger partial charge < -0.3 is 20.8 Å². The fourth-order valence-electron chi connectivity index (χ4n) is 1.46. The van der Waals surface area contributed by atoms with Gasteiger partial charge in [0.25, 0.3) is 0 Å². The second kappa shape index (κ2) is 5.28. The van der Waals surface area contributed by atoms with Gasteiger partial charge in [0.15, 0.2) is 0 Å². The summed E-state index contributed by atoms with van der Waals surface area (Å²) in [6.07, 6.45) is -0.222. The zero-order valence-electron chi connectivity index (χ0n) is 8.80. The van der Waals surface area contributed by atoms with Gasteiger partial charge in [0, 0.05) is 6.42 Å². The maximum Gasteiger partial charge on any atom is 0.326 e. The van der Waals surface area contributed by atoms with E-state index in [9.17, 15) is 19.2 Å². The second-order valence-electron chi connectivity index (χ2n) is 3.66. The number of aliphatic carboxylic acids is 2. The smallest absolute Gasteiger partial charge is 0.326 e. The summed E-state index contributed by atoms with van der Waals surface area (Å²) in [5.74, 6) is -3.71. The number of hydrogen-bond donors (Lipinski definition) is 4. The molecule has 0 aromatic rings. The molecule has 1 heterocycles. The Bertz CT molecular complexity index is 366. The first-order valence-corrected chi connectivity index (χ1v) is 4.94. The molecule has 2 atom stereocenters. The number of carbonyl (C=O) groups excluding carboxylic acids is 2. The van der Waals surface area contributed by atoms with E-state index in [1.165, 1.54) is 0 Å². The highest BCUT2D eigenvalue weighted by atomic mass is 16.4. The van der Waals surface area contributed by atoms with Crippen LogP contribution in [0, 0.1) is 0 Å². The SMILES string of the molecule is O=C(O)C[C@H](NC(=O)[C@@H]1CCC(=O)N1)C(=O)O. The Labute approximate surface area is 96.0 Å². The number of carboxylic acid groups (broad SMARTS) is 2. The molecule has 0 bridgehead atoms. The van der Waals surface area contributed by atoms with E-state index in [-0.39, 0.29) is 18.7 Å². The number of carboxylic acids is 2. The molecule has 1 saturated heterocycles. The molecule has 17 heavy (non-hydrogen) atoms. The molecule has 0 aliphatic carbocycles. The molecule has 0 radical (unpaired) electrons. The first-order chi connectivity index (χ1) is 7.90. The Morgan fingerprint density at radius 2 is 2.06 bits per heavy atom. The van der Waals surface area contributed by atoms with Crippen LogP contribution in [0.4, 0.5) is 0 Å². The monoisotopic (exact) mass is 244 g/mol. The van der Waals surface area contributed by atoms with Crippen molar-refractivity contribution in [3.05, 3.63) is 0 Å². The van der Waals surface area contributed by atoms with Gasteiger partial charge in [-0.1, -0.05) is 0 Å². The van der Waals surface area contributed by atoms with E-state index in [4.69, 9.17) is 10.2 Å². The lowest BCUT2D eigenvalue weighted by atomic mass is 10.1. The van der Waals surface area contributed by atoms with Crippen LogP contribution in [0.1, 0.15) is 19.3 Å². The molecule has 2 amide bonds. The summed E-state index contributed by atoms with van der Waals surface area (Å²) in [6.45, 7) is 0. The maximum atomic E-state index is 11.5. The molecule has 0 spiro atoms. The van der Waals surface area contributed by atoms with E-state index < -0.39 is 36.4 Å². The highest BCUT2D eigenvalue weighted by molar-refractivity contribution is 5.93. The van der Waals surface area contributed by atoms with Crippen molar-refractivity contribution in [1.82, 2.24) is 10.6 Å². The van der Waals surface area contributed by atoms with E-state index in [0.29, 0.717) is 0 Å². The number of nitrogens with one attached hydrogen (secondary N) is 2. The van der Waals surface area contributed by atoms with Crippen molar-refractivity contribution in [3.8, 4) is 0 Å². The third-order valence-corrected chi connectivity index (χ3v) is 2.31. The standard InChI is InChI=1S/C9H12N2O6/c12-6-2-1-4(10-6)8(15)11-5(9(16)17)3-7(13)14/h4-5H,1-3H2,(H,10,12)(H,11,15)(H,13,14)(H,16,17)/t4-,5-/m0/s1. The van der Waals surface area contributed by atoms with Crippen molar-refractivity contribution in [2.45, 2.75) is 31.3 Å². The molecule has 4 N–H and O–H groups in total.